The van der Waals surface area contributed by atoms with Crippen LogP contribution < -0.4 is 4.74 Å². The van der Waals surface area contributed by atoms with E-state index in [1.165, 1.54) is 23.3 Å². The molecule has 3 rings (SSSR count). The van der Waals surface area contributed by atoms with E-state index in [2.05, 4.69) is 38.7 Å². The van der Waals surface area contributed by atoms with Gasteiger partial charge in [0.2, 0.25) is 0 Å². The van der Waals surface area contributed by atoms with Crippen LogP contribution in [0.4, 0.5) is 13.2 Å². The van der Waals surface area contributed by atoms with Crippen LogP contribution in [0.25, 0.3) is 0 Å². The number of carbonyl (C=O) groups is 1. The van der Waals surface area contributed by atoms with Crippen molar-refractivity contribution in [3.05, 3.63) is 64.2 Å². The monoisotopic (exact) mass is 448 g/mol. The molecule has 174 valence electrons. The van der Waals surface area contributed by atoms with Crippen LogP contribution in [0.3, 0.4) is 0 Å². The fourth-order valence-electron chi connectivity index (χ4n) is 4.13. The van der Waals surface area contributed by atoms with Gasteiger partial charge in [-0.25, -0.2) is 0 Å². The molecule has 0 aliphatic carbocycles. The third kappa shape index (κ3) is 5.26. The van der Waals surface area contributed by atoms with Crippen molar-refractivity contribution in [2.75, 3.05) is 32.8 Å². The van der Waals surface area contributed by atoms with Gasteiger partial charge in [-0.1, -0.05) is 13.0 Å². The molecule has 0 spiro atoms. The molecular weight excluding hydrogens is 417 g/mol. The Labute approximate surface area is 188 Å². The number of piperazine rings is 1. The second kappa shape index (κ2) is 9.94. The van der Waals surface area contributed by atoms with Crippen molar-refractivity contribution < 1.29 is 22.7 Å². The summed E-state index contributed by atoms with van der Waals surface area (Å²) in [6.07, 6.45) is -3.44. The van der Waals surface area contributed by atoms with Crippen LogP contribution in [0.15, 0.2) is 36.4 Å². The van der Waals surface area contributed by atoms with Gasteiger partial charge in [-0.15, -0.1) is 0 Å². The number of hydrogen-bond acceptors (Lipinski definition) is 3. The van der Waals surface area contributed by atoms with Gasteiger partial charge in [0.05, 0.1) is 12.2 Å². The molecule has 7 heteroatoms. The van der Waals surface area contributed by atoms with Crippen molar-refractivity contribution in [2.24, 2.45) is 0 Å². The van der Waals surface area contributed by atoms with Crippen LogP contribution in [0.1, 0.15) is 58.9 Å². The zero-order valence-electron chi connectivity index (χ0n) is 19.1. The van der Waals surface area contributed by atoms with E-state index in [1.807, 2.05) is 6.07 Å². The molecule has 0 saturated carbocycles. The highest BCUT2D eigenvalue weighted by atomic mass is 19.4. The number of carbonyl (C=O) groups excluding carboxylic acids is 1. The quantitative estimate of drug-likeness (QED) is 0.574. The third-order valence-corrected chi connectivity index (χ3v) is 6.30. The van der Waals surface area contributed by atoms with Gasteiger partial charge in [-0.3, -0.25) is 9.69 Å². The van der Waals surface area contributed by atoms with Crippen molar-refractivity contribution in [2.45, 2.75) is 46.3 Å². The van der Waals surface area contributed by atoms with Gasteiger partial charge in [0, 0.05) is 37.8 Å². The Morgan fingerprint density at radius 3 is 2.19 bits per heavy atom. The number of alkyl halides is 3. The lowest BCUT2D eigenvalue weighted by atomic mass is 9.96. The molecule has 0 aromatic heterocycles. The molecule has 2 aromatic rings. The topological polar surface area (TPSA) is 32.8 Å². The molecule has 2 aromatic carbocycles. The molecule has 1 fully saturated rings. The van der Waals surface area contributed by atoms with Gasteiger partial charge in [0.1, 0.15) is 5.75 Å². The van der Waals surface area contributed by atoms with Gasteiger partial charge in [-0.05, 0) is 74.2 Å². The summed E-state index contributed by atoms with van der Waals surface area (Å²) in [4.78, 5) is 16.8. The molecule has 1 heterocycles. The standard InChI is InChI=1S/C25H31F3N2O2/c1-5-16-32-23-11-10-22(17(2)18(23)3)19(4)29-12-14-30(15-13-29)24(31)20-6-8-21(9-7-20)25(26,27)28/h6-11,19H,5,12-16H2,1-4H3. The predicted molar refractivity (Wildman–Crippen MR) is 119 cm³/mol. The highest BCUT2D eigenvalue weighted by Gasteiger charge is 2.31. The van der Waals surface area contributed by atoms with E-state index in [9.17, 15) is 18.0 Å². The van der Waals surface area contributed by atoms with Crippen LogP contribution in [0.5, 0.6) is 5.75 Å². The Morgan fingerprint density at radius 2 is 1.62 bits per heavy atom. The van der Waals surface area contributed by atoms with E-state index < -0.39 is 11.7 Å². The van der Waals surface area contributed by atoms with E-state index in [1.54, 1.807) is 4.90 Å². The molecular formula is C25H31F3N2O2. The van der Waals surface area contributed by atoms with Crippen molar-refractivity contribution in [1.82, 2.24) is 9.80 Å². The van der Waals surface area contributed by atoms with E-state index in [0.717, 1.165) is 29.9 Å². The summed E-state index contributed by atoms with van der Waals surface area (Å²) in [7, 11) is 0. The van der Waals surface area contributed by atoms with Crippen molar-refractivity contribution in [1.29, 1.82) is 0 Å². The number of ether oxygens (including phenoxy) is 1. The van der Waals surface area contributed by atoms with E-state index >= 15 is 0 Å². The maximum Gasteiger partial charge on any atom is 0.416 e. The second-order valence-electron chi connectivity index (χ2n) is 8.33. The molecule has 1 saturated heterocycles. The lowest BCUT2D eigenvalue weighted by molar-refractivity contribution is -0.137. The number of rotatable bonds is 6. The first-order valence-corrected chi connectivity index (χ1v) is 11.1. The summed E-state index contributed by atoms with van der Waals surface area (Å²) in [5, 5.41) is 0. The highest BCUT2D eigenvalue weighted by molar-refractivity contribution is 5.94. The SMILES string of the molecule is CCCOc1ccc(C(C)N2CCN(C(=O)c3ccc(C(F)(F)F)cc3)CC2)c(C)c1C. The normalized spacial score (nSPS) is 16.2. The molecule has 1 unspecified atom stereocenters. The number of hydrogen-bond donors (Lipinski definition) is 0. The minimum absolute atomic E-state index is 0.192. The Morgan fingerprint density at radius 1 is 1.00 bits per heavy atom. The summed E-state index contributed by atoms with van der Waals surface area (Å²) in [6.45, 7) is 11.6. The second-order valence-corrected chi connectivity index (χ2v) is 8.33. The van der Waals surface area contributed by atoms with Crippen LogP contribution in [0, 0.1) is 13.8 Å². The number of nitrogens with zero attached hydrogens (tertiary/aromatic N) is 2. The number of amides is 1. The Bertz CT molecular complexity index is 933. The smallest absolute Gasteiger partial charge is 0.416 e. The van der Waals surface area contributed by atoms with Gasteiger partial charge < -0.3 is 9.64 Å². The molecule has 0 bridgehead atoms. The first kappa shape index (κ1) is 24.1. The van der Waals surface area contributed by atoms with Gasteiger partial charge in [-0.2, -0.15) is 13.2 Å². The highest BCUT2D eigenvalue weighted by Crippen LogP contribution is 2.32. The van der Waals surface area contributed by atoms with Gasteiger partial charge in [0.25, 0.3) is 5.91 Å². The summed E-state index contributed by atoms with van der Waals surface area (Å²) in [5.74, 6) is 0.697. The summed E-state index contributed by atoms with van der Waals surface area (Å²) in [5.41, 5.74) is 3.15. The summed E-state index contributed by atoms with van der Waals surface area (Å²) in [6, 6.07) is 8.79. The first-order valence-electron chi connectivity index (χ1n) is 11.1. The molecule has 0 N–H and O–H groups in total. The largest absolute Gasteiger partial charge is 0.493 e. The Balaban J connectivity index is 1.63. The van der Waals surface area contributed by atoms with E-state index in [0.29, 0.717) is 32.8 Å². The summed E-state index contributed by atoms with van der Waals surface area (Å²) >= 11 is 0. The Hall–Kier alpha value is -2.54. The van der Waals surface area contributed by atoms with E-state index in [-0.39, 0.29) is 17.5 Å². The van der Waals surface area contributed by atoms with Crippen molar-refractivity contribution in [3.63, 3.8) is 0 Å². The lowest BCUT2D eigenvalue weighted by Gasteiger charge is -2.39. The minimum Gasteiger partial charge on any atom is -0.493 e. The van der Waals surface area contributed by atoms with Crippen LogP contribution in [-0.2, 0) is 6.18 Å². The zero-order valence-corrected chi connectivity index (χ0v) is 19.1. The van der Waals surface area contributed by atoms with E-state index in [4.69, 9.17) is 4.74 Å². The fourth-order valence-corrected chi connectivity index (χ4v) is 4.13. The zero-order chi connectivity index (χ0) is 23.5. The maximum atomic E-state index is 12.8. The minimum atomic E-state index is -4.40. The fraction of sp³-hybridized carbons (Fsp3) is 0.480. The van der Waals surface area contributed by atoms with Crippen molar-refractivity contribution >= 4 is 5.91 Å². The molecule has 1 amide bonds. The summed E-state index contributed by atoms with van der Waals surface area (Å²) < 4.78 is 44.1. The maximum absolute atomic E-state index is 12.8. The number of benzene rings is 2. The molecule has 32 heavy (non-hydrogen) atoms. The number of halogens is 3. The Kier molecular flexibility index (Phi) is 7.49. The first-order chi connectivity index (χ1) is 15.1. The van der Waals surface area contributed by atoms with Gasteiger partial charge in [0.15, 0.2) is 0 Å². The van der Waals surface area contributed by atoms with Gasteiger partial charge >= 0.3 is 6.18 Å². The average molecular weight is 449 g/mol. The third-order valence-electron chi connectivity index (χ3n) is 6.30. The molecule has 1 aliphatic rings. The van der Waals surface area contributed by atoms with Crippen molar-refractivity contribution in [3.8, 4) is 5.75 Å². The molecule has 0 radical (unpaired) electrons. The van der Waals surface area contributed by atoms with Crippen LogP contribution in [0.2, 0.25) is 0 Å². The molecule has 1 aliphatic heterocycles. The predicted octanol–water partition coefficient (Wildman–Crippen LogP) is 5.63. The molecule has 4 nitrogen and oxygen atoms in total. The van der Waals surface area contributed by atoms with Crippen LogP contribution >= 0.6 is 0 Å². The lowest BCUT2D eigenvalue weighted by Crippen LogP contribution is -2.49. The average Bonchev–Trinajstić information content (AvgIpc) is 2.79. The molecule has 1 atom stereocenters. The van der Waals surface area contributed by atoms with Crippen LogP contribution in [-0.4, -0.2) is 48.5 Å².